The van der Waals surface area contributed by atoms with E-state index in [1.165, 1.54) is 17.4 Å². The summed E-state index contributed by atoms with van der Waals surface area (Å²) < 4.78 is 0. The summed E-state index contributed by atoms with van der Waals surface area (Å²) >= 11 is 0. The highest BCUT2D eigenvalue weighted by Gasteiger charge is 2.39. The molecular weight excluding hydrogens is 462 g/mol. The Balaban J connectivity index is 1.97. The third-order valence-corrected chi connectivity index (χ3v) is 5.53. The van der Waals surface area contributed by atoms with Crippen LogP contribution in [0.25, 0.3) is 0 Å². The number of guanidine groups is 1. The molecule has 0 aromatic carbocycles. The number of aromatic amines is 1. The van der Waals surface area contributed by atoms with Crippen LogP contribution in [-0.2, 0) is 25.6 Å². The van der Waals surface area contributed by atoms with E-state index in [4.69, 9.17) is 17.2 Å². The third-order valence-electron chi connectivity index (χ3n) is 5.53. The summed E-state index contributed by atoms with van der Waals surface area (Å²) in [6.07, 6.45) is 4.31. The molecule has 1 aliphatic rings. The van der Waals surface area contributed by atoms with Gasteiger partial charge in [-0.2, -0.15) is 0 Å². The number of nitrogens with two attached hydrogens (primary N) is 3. The summed E-state index contributed by atoms with van der Waals surface area (Å²) in [4.78, 5) is 61.5. The van der Waals surface area contributed by atoms with Crippen LogP contribution in [0.5, 0.6) is 0 Å². The number of aliphatic imine (C=N–C) groups is 1. The van der Waals surface area contributed by atoms with Gasteiger partial charge in [0, 0.05) is 31.4 Å². The Bertz CT molecular complexity index is 903. The normalized spacial score (nSPS) is 17.8. The number of aliphatic hydroxyl groups excluding tert-OH is 1. The molecule has 15 nitrogen and oxygen atoms in total. The van der Waals surface area contributed by atoms with Crippen LogP contribution in [0, 0.1) is 0 Å². The molecule has 1 aromatic heterocycles. The number of likely N-dealkylation sites (tertiary alicyclic amines) is 1. The number of hydrogen-bond acceptors (Lipinski definition) is 8. The van der Waals surface area contributed by atoms with E-state index in [1.54, 1.807) is 0 Å². The molecule has 0 saturated carbocycles. The largest absolute Gasteiger partial charge is 0.480 e. The molecule has 2 heterocycles. The van der Waals surface area contributed by atoms with Gasteiger partial charge in [0.25, 0.3) is 0 Å². The third kappa shape index (κ3) is 8.22. The zero-order chi connectivity index (χ0) is 26.0. The Hall–Kier alpha value is -3.72. The number of hydrogen-bond donors (Lipinski definition) is 8. The lowest BCUT2D eigenvalue weighted by atomic mass is 10.1. The average molecular weight is 496 g/mol. The second-order valence-corrected chi connectivity index (χ2v) is 8.17. The van der Waals surface area contributed by atoms with E-state index in [-0.39, 0.29) is 31.9 Å². The predicted octanol–water partition coefficient (Wildman–Crippen LogP) is -3.63. The van der Waals surface area contributed by atoms with Crippen molar-refractivity contribution in [2.75, 3.05) is 19.7 Å². The highest BCUT2D eigenvalue weighted by molar-refractivity contribution is 5.94. The Morgan fingerprint density at radius 1 is 1.26 bits per heavy atom. The minimum atomic E-state index is -1.31. The highest BCUT2D eigenvalue weighted by atomic mass is 16.4. The first-order chi connectivity index (χ1) is 16.6. The van der Waals surface area contributed by atoms with Crippen molar-refractivity contribution in [3.05, 3.63) is 18.2 Å². The van der Waals surface area contributed by atoms with Crippen molar-refractivity contribution in [2.24, 2.45) is 22.2 Å². The van der Waals surface area contributed by atoms with Gasteiger partial charge in [0.05, 0.1) is 19.0 Å². The molecule has 3 amide bonds. The minimum Gasteiger partial charge on any atom is -0.480 e. The van der Waals surface area contributed by atoms with Crippen LogP contribution >= 0.6 is 0 Å². The first-order valence-corrected chi connectivity index (χ1v) is 11.2. The maximum absolute atomic E-state index is 13.0. The topological polar surface area (TPSA) is 255 Å². The molecule has 1 fully saturated rings. The summed E-state index contributed by atoms with van der Waals surface area (Å²) in [6, 6.07) is -4.43. The van der Waals surface area contributed by atoms with E-state index in [0.29, 0.717) is 25.0 Å². The quantitative estimate of drug-likeness (QED) is 0.0756. The number of aliphatic carboxylic acids is 1. The summed E-state index contributed by atoms with van der Waals surface area (Å²) in [5, 5.41) is 24.0. The number of amides is 3. The predicted molar refractivity (Wildman–Crippen MR) is 123 cm³/mol. The van der Waals surface area contributed by atoms with Crippen molar-refractivity contribution >= 4 is 29.7 Å². The van der Waals surface area contributed by atoms with Crippen LogP contribution in [0.1, 0.15) is 31.4 Å². The van der Waals surface area contributed by atoms with Crippen molar-refractivity contribution in [3.63, 3.8) is 0 Å². The standard InChI is InChI=1S/C20H33N9O6/c21-12(7-11-8-24-10-26-11)16(31)28-14(9-30)18(33)29-6-2-4-15(29)17(32)27-13(19(34)35)3-1-5-25-20(22)23/h8,10,12-15,30H,1-7,9,21H2,(H,24,26)(H,27,32)(H,28,31)(H,34,35)(H4,22,23,25). The van der Waals surface area contributed by atoms with Gasteiger partial charge < -0.3 is 47.9 Å². The molecule has 0 bridgehead atoms. The van der Waals surface area contributed by atoms with Gasteiger partial charge in [-0.25, -0.2) is 9.78 Å². The van der Waals surface area contributed by atoms with Gasteiger partial charge in [-0.15, -0.1) is 0 Å². The molecule has 4 atom stereocenters. The maximum Gasteiger partial charge on any atom is 0.326 e. The van der Waals surface area contributed by atoms with Gasteiger partial charge in [0.2, 0.25) is 17.7 Å². The molecule has 35 heavy (non-hydrogen) atoms. The first-order valence-electron chi connectivity index (χ1n) is 11.2. The van der Waals surface area contributed by atoms with Crippen molar-refractivity contribution in [2.45, 2.75) is 56.3 Å². The van der Waals surface area contributed by atoms with Gasteiger partial charge >= 0.3 is 5.97 Å². The SMILES string of the molecule is NC(N)=NCCCC(NC(=O)C1CCCN1C(=O)C(CO)NC(=O)C(N)Cc1cnc[nH]1)C(=O)O. The molecular formula is C20H33N9O6. The van der Waals surface area contributed by atoms with Crippen LogP contribution in [0.3, 0.4) is 0 Å². The van der Waals surface area contributed by atoms with E-state index < -0.39 is 54.5 Å². The molecule has 1 aromatic rings. The van der Waals surface area contributed by atoms with Gasteiger partial charge in [0.1, 0.15) is 18.1 Å². The first kappa shape index (κ1) is 27.5. The molecule has 194 valence electrons. The summed E-state index contributed by atoms with van der Waals surface area (Å²) in [5.41, 5.74) is 17.0. The number of rotatable bonds is 13. The van der Waals surface area contributed by atoms with E-state index in [2.05, 4.69) is 25.6 Å². The number of aliphatic hydroxyl groups is 1. The van der Waals surface area contributed by atoms with Crippen LogP contribution < -0.4 is 27.8 Å². The number of H-pyrrole nitrogens is 1. The second kappa shape index (κ2) is 13.2. The number of carboxylic acids is 1. The Morgan fingerprint density at radius 3 is 2.60 bits per heavy atom. The highest BCUT2D eigenvalue weighted by Crippen LogP contribution is 2.19. The summed E-state index contributed by atoms with van der Waals surface area (Å²) in [7, 11) is 0. The number of carbonyl (C=O) groups excluding carboxylic acids is 3. The van der Waals surface area contributed by atoms with Gasteiger partial charge in [-0.3, -0.25) is 19.4 Å². The summed E-state index contributed by atoms with van der Waals surface area (Å²) in [6.45, 7) is -0.281. The maximum atomic E-state index is 13.0. The minimum absolute atomic E-state index is 0.0854. The molecule has 15 heteroatoms. The number of carboxylic acid groups (broad SMARTS) is 1. The number of aromatic nitrogens is 2. The van der Waals surface area contributed by atoms with E-state index >= 15 is 0 Å². The number of nitrogens with one attached hydrogen (secondary N) is 3. The van der Waals surface area contributed by atoms with Crippen LogP contribution in [0.4, 0.5) is 0 Å². The van der Waals surface area contributed by atoms with E-state index in [0.717, 1.165) is 0 Å². The molecule has 0 spiro atoms. The molecule has 2 rings (SSSR count). The van der Waals surface area contributed by atoms with Crippen molar-refractivity contribution in [1.29, 1.82) is 0 Å². The number of imidazole rings is 1. The molecule has 4 unspecified atom stereocenters. The Morgan fingerprint density at radius 2 is 2.00 bits per heavy atom. The fraction of sp³-hybridized carbons (Fsp3) is 0.600. The van der Waals surface area contributed by atoms with Gasteiger partial charge in [0.15, 0.2) is 5.96 Å². The Kier molecular flexibility index (Phi) is 10.4. The lowest BCUT2D eigenvalue weighted by Crippen LogP contribution is -2.58. The van der Waals surface area contributed by atoms with Gasteiger partial charge in [-0.05, 0) is 25.7 Å². The fourth-order valence-corrected chi connectivity index (χ4v) is 3.72. The molecule has 0 radical (unpaired) electrons. The fourth-order valence-electron chi connectivity index (χ4n) is 3.72. The molecule has 1 saturated heterocycles. The number of carbonyl (C=O) groups is 4. The molecule has 11 N–H and O–H groups in total. The van der Waals surface area contributed by atoms with E-state index in [9.17, 15) is 29.4 Å². The van der Waals surface area contributed by atoms with Gasteiger partial charge in [-0.1, -0.05) is 0 Å². The van der Waals surface area contributed by atoms with Crippen LogP contribution in [0.2, 0.25) is 0 Å². The number of nitrogens with zero attached hydrogens (tertiary/aromatic N) is 3. The van der Waals surface area contributed by atoms with Crippen molar-refractivity contribution in [1.82, 2.24) is 25.5 Å². The smallest absolute Gasteiger partial charge is 0.326 e. The lowest BCUT2D eigenvalue weighted by Gasteiger charge is -2.29. The lowest BCUT2D eigenvalue weighted by molar-refractivity contribution is -0.145. The monoisotopic (exact) mass is 495 g/mol. The van der Waals surface area contributed by atoms with Crippen molar-refractivity contribution < 1.29 is 29.4 Å². The zero-order valence-electron chi connectivity index (χ0n) is 19.2. The average Bonchev–Trinajstić information content (AvgIpc) is 3.50. The Labute approximate surface area is 201 Å². The second-order valence-electron chi connectivity index (χ2n) is 8.17. The van der Waals surface area contributed by atoms with Crippen LogP contribution in [-0.4, -0.2) is 98.6 Å². The van der Waals surface area contributed by atoms with Crippen LogP contribution in [0.15, 0.2) is 17.5 Å². The molecule has 1 aliphatic heterocycles. The molecule has 0 aliphatic carbocycles. The summed E-state index contributed by atoms with van der Waals surface area (Å²) in [5.74, 6) is -3.30. The zero-order valence-corrected chi connectivity index (χ0v) is 19.2. The van der Waals surface area contributed by atoms with E-state index in [1.807, 2.05) is 0 Å². The van der Waals surface area contributed by atoms with Crippen molar-refractivity contribution in [3.8, 4) is 0 Å².